The van der Waals surface area contributed by atoms with Crippen molar-refractivity contribution in [1.29, 1.82) is 0 Å². The van der Waals surface area contributed by atoms with Crippen LogP contribution < -0.4 is 10.6 Å². The number of ether oxygens (including phenoxy) is 1. The monoisotopic (exact) mass is 525 g/mol. The Hall–Kier alpha value is -4.39. The van der Waals surface area contributed by atoms with Crippen molar-refractivity contribution in [3.63, 3.8) is 0 Å². The first-order valence-electron chi connectivity index (χ1n) is 13.2. The lowest BCUT2D eigenvalue weighted by atomic mass is 9.90. The van der Waals surface area contributed by atoms with E-state index in [0.717, 1.165) is 27.6 Å². The van der Waals surface area contributed by atoms with E-state index in [1.807, 2.05) is 105 Å². The first-order valence-corrected chi connectivity index (χ1v) is 13.2. The van der Waals surface area contributed by atoms with E-state index < -0.39 is 29.9 Å². The van der Waals surface area contributed by atoms with Gasteiger partial charge in [0, 0.05) is 23.5 Å². The van der Waals surface area contributed by atoms with Crippen molar-refractivity contribution >= 4 is 28.7 Å². The van der Waals surface area contributed by atoms with E-state index in [0.29, 0.717) is 6.42 Å². The number of hydrogen-bond donors (Lipinski definition) is 3. The normalized spacial score (nSPS) is 12.7. The second-order valence-electron chi connectivity index (χ2n) is 10.1. The standard InChI is InChI=1S/C32H35N3O4/c1-21(2)18-28(32(38)39-3)35-30(36)27(19-24-20-33-26-17-11-10-16-25(24)26)34-31(37)29(22-12-6-4-7-13-22)23-14-8-5-9-15-23/h4-17,20-21,27-29,33H,18-19H2,1-3H3,(H,34,37)(H,35,36)/t27-,28+/m1/s1. The molecule has 0 saturated carbocycles. The zero-order chi connectivity index (χ0) is 27.8. The summed E-state index contributed by atoms with van der Waals surface area (Å²) < 4.78 is 4.95. The molecule has 2 amide bonds. The van der Waals surface area contributed by atoms with Gasteiger partial charge in [-0.15, -0.1) is 0 Å². The molecule has 0 aliphatic carbocycles. The molecule has 1 heterocycles. The minimum Gasteiger partial charge on any atom is -0.467 e. The maximum atomic E-state index is 13.9. The molecule has 2 atom stereocenters. The third-order valence-corrected chi connectivity index (χ3v) is 6.77. The van der Waals surface area contributed by atoms with Crippen molar-refractivity contribution in [2.75, 3.05) is 7.11 Å². The van der Waals surface area contributed by atoms with Crippen LogP contribution in [0.25, 0.3) is 10.9 Å². The smallest absolute Gasteiger partial charge is 0.328 e. The molecule has 0 radical (unpaired) electrons. The number of carbonyl (C=O) groups excluding carboxylic acids is 3. The van der Waals surface area contributed by atoms with Gasteiger partial charge in [0.2, 0.25) is 11.8 Å². The Balaban J connectivity index is 1.66. The fraction of sp³-hybridized carbons (Fsp3) is 0.281. The van der Waals surface area contributed by atoms with E-state index in [2.05, 4.69) is 15.6 Å². The van der Waals surface area contributed by atoms with Gasteiger partial charge in [0.15, 0.2) is 0 Å². The van der Waals surface area contributed by atoms with E-state index in [-0.39, 0.29) is 18.2 Å². The summed E-state index contributed by atoms with van der Waals surface area (Å²) in [6, 6.07) is 25.1. The Morgan fingerprint density at radius 2 is 1.33 bits per heavy atom. The average Bonchev–Trinajstić information content (AvgIpc) is 3.35. The van der Waals surface area contributed by atoms with Crippen molar-refractivity contribution in [3.8, 4) is 0 Å². The lowest BCUT2D eigenvalue weighted by Gasteiger charge is -2.25. The summed E-state index contributed by atoms with van der Waals surface area (Å²) in [5.41, 5.74) is 3.47. The highest BCUT2D eigenvalue weighted by atomic mass is 16.5. The minimum absolute atomic E-state index is 0.150. The topological polar surface area (TPSA) is 100 Å². The number of H-pyrrole nitrogens is 1. The predicted molar refractivity (Wildman–Crippen MR) is 152 cm³/mol. The third-order valence-electron chi connectivity index (χ3n) is 6.77. The second kappa shape index (κ2) is 12.9. The first kappa shape index (κ1) is 27.6. The number of benzene rings is 3. The van der Waals surface area contributed by atoms with Crippen molar-refractivity contribution in [2.24, 2.45) is 5.92 Å². The van der Waals surface area contributed by atoms with Gasteiger partial charge in [-0.3, -0.25) is 9.59 Å². The predicted octanol–water partition coefficient (Wildman–Crippen LogP) is 4.73. The van der Waals surface area contributed by atoms with Gasteiger partial charge in [0.25, 0.3) is 0 Å². The van der Waals surface area contributed by atoms with Gasteiger partial charge in [0.1, 0.15) is 12.1 Å². The number of fused-ring (bicyclic) bond motifs is 1. The summed E-state index contributed by atoms with van der Waals surface area (Å²) >= 11 is 0. The van der Waals surface area contributed by atoms with Gasteiger partial charge in [0.05, 0.1) is 13.0 Å². The molecule has 7 heteroatoms. The molecule has 1 aromatic heterocycles. The number of para-hydroxylation sites is 1. The molecule has 0 bridgehead atoms. The van der Waals surface area contributed by atoms with E-state index in [4.69, 9.17) is 4.74 Å². The van der Waals surface area contributed by atoms with Gasteiger partial charge in [-0.2, -0.15) is 0 Å². The number of aromatic amines is 1. The largest absolute Gasteiger partial charge is 0.467 e. The SMILES string of the molecule is COC(=O)[C@H](CC(C)C)NC(=O)[C@@H](Cc1c[nH]c2ccccc12)NC(=O)C(c1ccccc1)c1ccccc1. The molecule has 0 fully saturated rings. The third kappa shape index (κ3) is 6.93. The van der Waals surface area contributed by atoms with Crippen molar-refractivity contribution in [1.82, 2.24) is 15.6 Å². The molecule has 0 aliphatic rings. The van der Waals surface area contributed by atoms with Crippen molar-refractivity contribution < 1.29 is 19.1 Å². The molecule has 39 heavy (non-hydrogen) atoms. The average molecular weight is 526 g/mol. The Bertz CT molecular complexity index is 1360. The lowest BCUT2D eigenvalue weighted by Crippen LogP contribution is -2.53. The van der Waals surface area contributed by atoms with E-state index in [1.165, 1.54) is 7.11 Å². The van der Waals surface area contributed by atoms with Crippen LogP contribution in [0.3, 0.4) is 0 Å². The maximum Gasteiger partial charge on any atom is 0.328 e. The van der Waals surface area contributed by atoms with Gasteiger partial charge in [-0.1, -0.05) is 92.7 Å². The molecule has 0 aliphatic heterocycles. The van der Waals surface area contributed by atoms with Crippen molar-refractivity contribution in [3.05, 3.63) is 108 Å². The Morgan fingerprint density at radius 3 is 1.92 bits per heavy atom. The maximum absolute atomic E-state index is 13.9. The summed E-state index contributed by atoms with van der Waals surface area (Å²) in [5.74, 6) is -1.72. The first-order chi connectivity index (χ1) is 18.9. The van der Waals surface area contributed by atoms with Crippen LogP contribution in [0.2, 0.25) is 0 Å². The molecule has 3 N–H and O–H groups in total. The van der Waals surface area contributed by atoms with Crippen LogP contribution >= 0.6 is 0 Å². The summed E-state index contributed by atoms with van der Waals surface area (Å²) in [4.78, 5) is 43.3. The molecule has 4 rings (SSSR count). The highest BCUT2D eigenvalue weighted by Gasteiger charge is 2.31. The molecule has 202 valence electrons. The summed E-state index contributed by atoms with van der Waals surface area (Å²) in [5, 5.41) is 6.83. The number of nitrogens with one attached hydrogen (secondary N) is 3. The van der Waals surface area contributed by atoms with E-state index >= 15 is 0 Å². The molecule has 3 aromatic carbocycles. The Labute approximate surface area is 229 Å². The number of carbonyl (C=O) groups is 3. The fourth-order valence-corrected chi connectivity index (χ4v) is 4.87. The Kier molecular flexibility index (Phi) is 9.15. The fourth-order valence-electron chi connectivity index (χ4n) is 4.87. The van der Waals surface area contributed by atoms with Crippen LogP contribution in [0.1, 0.15) is 42.9 Å². The molecule has 0 saturated heterocycles. The van der Waals surface area contributed by atoms with Crippen LogP contribution in [0.5, 0.6) is 0 Å². The molecule has 4 aromatic rings. The number of aromatic nitrogens is 1. The summed E-state index contributed by atoms with van der Waals surface area (Å²) in [6.07, 6.45) is 2.52. The van der Waals surface area contributed by atoms with Crippen LogP contribution in [-0.2, 0) is 25.5 Å². The zero-order valence-electron chi connectivity index (χ0n) is 22.5. The van der Waals surface area contributed by atoms with Crippen LogP contribution in [0.4, 0.5) is 0 Å². The molecule has 0 spiro atoms. The molecule has 0 unspecified atom stereocenters. The van der Waals surface area contributed by atoms with Crippen LogP contribution in [0.15, 0.2) is 91.1 Å². The highest BCUT2D eigenvalue weighted by molar-refractivity contribution is 5.94. The molecular weight excluding hydrogens is 490 g/mol. The van der Waals surface area contributed by atoms with Gasteiger partial charge < -0.3 is 20.4 Å². The number of esters is 1. The van der Waals surface area contributed by atoms with Crippen LogP contribution in [-0.4, -0.2) is 42.0 Å². The van der Waals surface area contributed by atoms with Gasteiger partial charge >= 0.3 is 5.97 Å². The number of rotatable bonds is 11. The summed E-state index contributed by atoms with van der Waals surface area (Å²) in [7, 11) is 1.30. The summed E-state index contributed by atoms with van der Waals surface area (Å²) in [6.45, 7) is 3.94. The minimum atomic E-state index is -0.925. The number of methoxy groups -OCH3 is 1. The number of hydrogen-bond acceptors (Lipinski definition) is 4. The quantitative estimate of drug-likeness (QED) is 0.247. The number of amides is 2. The molecule has 7 nitrogen and oxygen atoms in total. The van der Waals surface area contributed by atoms with E-state index in [9.17, 15) is 14.4 Å². The van der Waals surface area contributed by atoms with E-state index in [1.54, 1.807) is 0 Å². The lowest BCUT2D eigenvalue weighted by molar-refractivity contribution is -0.145. The zero-order valence-corrected chi connectivity index (χ0v) is 22.5. The second-order valence-corrected chi connectivity index (χ2v) is 10.1. The highest BCUT2D eigenvalue weighted by Crippen LogP contribution is 2.26. The molecular formula is C32H35N3O4. The van der Waals surface area contributed by atoms with Crippen molar-refractivity contribution in [2.45, 2.75) is 44.7 Å². The van der Waals surface area contributed by atoms with Gasteiger partial charge in [-0.25, -0.2) is 4.79 Å². The van der Waals surface area contributed by atoms with Gasteiger partial charge in [-0.05, 0) is 35.1 Å². The Morgan fingerprint density at radius 1 is 0.769 bits per heavy atom. The van der Waals surface area contributed by atoms with Crippen LogP contribution in [0, 0.1) is 5.92 Å².